The molecule has 0 saturated carbocycles. The van der Waals surface area contributed by atoms with E-state index in [9.17, 15) is 0 Å². The smallest absolute Gasteiger partial charge is 0.150 e. The third-order valence-corrected chi connectivity index (χ3v) is 2.90. The lowest BCUT2D eigenvalue weighted by Crippen LogP contribution is -1.86. The second kappa shape index (κ2) is 7.64. The number of halogens is 2. The van der Waals surface area contributed by atoms with Crippen LogP contribution in [0.1, 0.15) is 26.2 Å². The molecule has 0 aromatic heterocycles. The van der Waals surface area contributed by atoms with Gasteiger partial charge >= 0.3 is 0 Å². The predicted molar refractivity (Wildman–Crippen MR) is 52.3 cm³/mol. The molecule has 0 aromatic carbocycles. The number of rotatable bonds is 5. The van der Waals surface area contributed by atoms with Crippen molar-refractivity contribution in [2.75, 3.05) is 0 Å². The maximum absolute atomic E-state index is 5.64. The Kier molecular flexibility index (Phi) is 8.05. The molecule has 10 heavy (non-hydrogen) atoms. The second-order valence-corrected chi connectivity index (χ2v) is 7.33. The van der Waals surface area contributed by atoms with Crippen LogP contribution >= 0.6 is 22.2 Å². The molecule has 0 nitrogen and oxygen atoms in total. The number of hydrogen-bond donors (Lipinski definition) is 0. The van der Waals surface area contributed by atoms with Gasteiger partial charge in [-0.15, -0.1) is 0 Å². The molecule has 0 saturated heterocycles. The first-order valence-corrected chi connectivity index (χ1v) is 8.01. The topological polar surface area (TPSA) is 0 Å². The fourth-order valence-electron chi connectivity index (χ4n) is 0.639. The first-order valence-electron chi connectivity index (χ1n) is 3.70. The first kappa shape index (κ1) is 10.5. The van der Waals surface area contributed by atoms with Gasteiger partial charge in [-0.2, -0.15) is 22.2 Å². The summed E-state index contributed by atoms with van der Waals surface area (Å²) >= 11 is 11.3. The van der Waals surface area contributed by atoms with Crippen LogP contribution in [0, 0.1) is 0 Å². The largest absolute Gasteiger partial charge is 0.240 e. The van der Waals surface area contributed by atoms with Gasteiger partial charge in [0.25, 0.3) is 0 Å². The highest BCUT2D eigenvalue weighted by Gasteiger charge is 1.95. The Morgan fingerprint density at radius 2 is 2.00 bits per heavy atom. The second-order valence-electron chi connectivity index (χ2n) is 2.24. The summed E-state index contributed by atoms with van der Waals surface area (Å²) in [4.78, 5) is 0. The maximum Gasteiger partial charge on any atom is 0.240 e. The summed E-state index contributed by atoms with van der Waals surface area (Å²) < 4.78 is 0. The van der Waals surface area contributed by atoms with Crippen LogP contribution in [0.15, 0.2) is 12.2 Å². The summed E-state index contributed by atoms with van der Waals surface area (Å²) in [5.41, 5.74) is 0. The van der Waals surface area contributed by atoms with Gasteiger partial charge in [0.15, 0.2) is 0 Å². The van der Waals surface area contributed by atoms with E-state index in [2.05, 4.69) is 19.1 Å². The summed E-state index contributed by atoms with van der Waals surface area (Å²) in [6, 6.07) is 0.910. The molecular weight excluding hydrogens is 183 g/mol. The van der Waals surface area contributed by atoms with E-state index >= 15 is 0 Å². The Morgan fingerprint density at radius 3 is 2.50 bits per heavy atom. The molecule has 60 valence electrons. The molecule has 0 fully saturated rings. The van der Waals surface area contributed by atoms with Crippen molar-refractivity contribution < 1.29 is 0 Å². The Bertz CT molecular complexity index is 91.6. The van der Waals surface area contributed by atoms with E-state index in [1.54, 1.807) is 0 Å². The van der Waals surface area contributed by atoms with Gasteiger partial charge in [0.1, 0.15) is 0 Å². The van der Waals surface area contributed by atoms with Crippen molar-refractivity contribution in [2.45, 2.75) is 32.2 Å². The number of unbranched alkanes of at least 4 members (excludes halogenated alkanes) is 2. The van der Waals surface area contributed by atoms with Crippen LogP contribution in [-0.4, -0.2) is 7.42 Å². The minimum atomic E-state index is -1.36. The van der Waals surface area contributed by atoms with Gasteiger partial charge in [-0.1, -0.05) is 31.9 Å². The lowest BCUT2D eigenvalue weighted by atomic mass is 10.2. The summed E-state index contributed by atoms with van der Waals surface area (Å²) in [6.45, 7) is 2.19. The first-order chi connectivity index (χ1) is 4.77. The van der Waals surface area contributed by atoms with Gasteiger partial charge in [-0.3, -0.25) is 0 Å². The highest BCUT2D eigenvalue weighted by atomic mass is 35.7. The minimum absolute atomic E-state index is 0.910. The fraction of sp³-hybridized carbons (Fsp3) is 0.714. The molecule has 0 spiro atoms. The van der Waals surface area contributed by atoms with E-state index in [1.165, 1.54) is 19.3 Å². The fourth-order valence-corrected chi connectivity index (χ4v) is 1.65. The number of hydrogen-bond acceptors (Lipinski definition) is 0. The molecule has 0 bridgehead atoms. The lowest BCUT2D eigenvalue weighted by molar-refractivity contribution is 0.814. The molecular formula is C7H14Cl2Si. The van der Waals surface area contributed by atoms with Crippen LogP contribution in [0.2, 0.25) is 6.04 Å². The molecule has 0 aliphatic rings. The van der Waals surface area contributed by atoms with Gasteiger partial charge in [0, 0.05) is 0 Å². The van der Waals surface area contributed by atoms with E-state index in [4.69, 9.17) is 22.2 Å². The van der Waals surface area contributed by atoms with Gasteiger partial charge in [-0.25, -0.2) is 0 Å². The SMILES string of the molecule is CCCCC=CC[SiH](Cl)Cl. The van der Waals surface area contributed by atoms with E-state index in [-0.39, 0.29) is 0 Å². The zero-order chi connectivity index (χ0) is 7.82. The van der Waals surface area contributed by atoms with Crippen molar-refractivity contribution in [3.05, 3.63) is 12.2 Å². The molecule has 0 N–H and O–H groups in total. The maximum atomic E-state index is 5.64. The van der Waals surface area contributed by atoms with Crippen LogP contribution in [0.5, 0.6) is 0 Å². The highest BCUT2D eigenvalue weighted by molar-refractivity contribution is 7.33. The Morgan fingerprint density at radius 1 is 1.30 bits per heavy atom. The van der Waals surface area contributed by atoms with Crippen LogP contribution in [0.3, 0.4) is 0 Å². The van der Waals surface area contributed by atoms with Crippen molar-refractivity contribution in [3.63, 3.8) is 0 Å². The molecule has 0 rings (SSSR count). The zero-order valence-electron chi connectivity index (χ0n) is 6.32. The van der Waals surface area contributed by atoms with Crippen molar-refractivity contribution in [2.24, 2.45) is 0 Å². The van der Waals surface area contributed by atoms with Gasteiger partial charge in [0.05, 0.1) is 0 Å². The molecule has 0 unspecified atom stereocenters. The van der Waals surface area contributed by atoms with Crippen LogP contribution in [0.4, 0.5) is 0 Å². The molecule has 0 radical (unpaired) electrons. The summed E-state index contributed by atoms with van der Waals surface area (Å²) in [5, 5.41) is 0. The normalized spacial score (nSPS) is 11.6. The van der Waals surface area contributed by atoms with Gasteiger partial charge in [-0.05, 0) is 12.5 Å². The predicted octanol–water partition coefficient (Wildman–Crippen LogP) is 3.43. The Balaban J connectivity index is 3.04. The highest BCUT2D eigenvalue weighted by Crippen LogP contribution is 2.04. The van der Waals surface area contributed by atoms with E-state index < -0.39 is 7.42 Å². The van der Waals surface area contributed by atoms with Gasteiger partial charge in [0.2, 0.25) is 7.42 Å². The van der Waals surface area contributed by atoms with Crippen molar-refractivity contribution >= 4 is 29.6 Å². The van der Waals surface area contributed by atoms with Crippen molar-refractivity contribution in [3.8, 4) is 0 Å². The average molecular weight is 197 g/mol. The molecule has 0 aromatic rings. The van der Waals surface area contributed by atoms with Crippen LogP contribution in [-0.2, 0) is 0 Å². The minimum Gasteiger partial charge on any atom is -0.150 e. The monoisotopic (exact) mass is 196 g/mol. The van der Waals surface area contributed by atoms with Crippen LogP contribution in [0.25, 0.3) is 0 Å². The summed E-state index contributed by atoms with van der Waals surface area (Å²) in [6.07, 6.45) is 7.98. The van der Waals surface area contributed by atoms with Crippen LogP contribution < -0.4 is 0 Å². The molecule has 3 heteroatoms. The third-order valence-electron chi connectivity index (χ3n) is 1.21. The molecule has 0 heterocycles. The molecule has 0 aliphatic carbocycles. The Hall–Kier alpha value is 0.537. The lowest BCUT2D eigenvalue weighted by Gasteiger charge is -1.90. The molecule has 0 atom stereocenters. The van der Waals surface area contributed by atoms with E-state index in [0.29, 0.717) is 0 Å². The summed E-state index contributed by atoms with van der Waals surface area (Å²) in [5.74, 6) is 0. The quantitative estimate of drug-likeness (QED) is 0.274. The number of allylic oxidation sites excluding steroid dienone is 2. The van der Waals surface area contributed by atoms with Crippen molar-refractivity contribution in [1.29, 1.82) is 0 Å². The zero-order valence-corrected chi connectivity index (χ0v) is 8.98. The summed E-state index contributed by atoms with van der Waals surface area (Å²) in [7, 11) is -1.36. The molecule has 0 aliphatic heterocycles. The Labute approximate surface area is 74.2 Å². The van der Waals surface area contributed by atoms with E-state index in [1.807, 2.05) is 0 Å². The third kappa shape index (κ3) is 8.54. The van der Waals surface area contributed by atoms with E-state index in [0.717, 1.165) is 6.04 Å². The average Bonchev–Trinajstić information content (AvgIpc) is 1.87. The van der Waals surface area contributed by atoms with Gasteiger partial charge < -0.3 is 0 Å². The van der Waals surface area contributed by atoms with Crippen molar-refractivity contribution in [1.82, 2.24) is 0 Å². The molecule has 0 amide bonds. The standard InChI is InChI=1S/C7H14Cl2Si/c1-2-3-4-5-6-7-10(8)9/h5-6,10H,2-4,7H2,1H3.